The standard InChI is InChI=1S/C27H30N4O7S/c1-2-14-28-26(34)29-21-11-7-13-23(16-21)39(36,37)31-22-12-6-10-20(15-22)24(17-25(32)33)30-27(35)38-18-19-8-4-3-5-9-19/h3-13,15-16,24,31H,2,14,17-18H2,1H3,(H,30,35)(H,32,33)(H2,28,29,34)/t24-/m0/s1. The minimum absolute atomic E-state index is 0.000484. The molecule has 3 aromatic rings. The average molecular weight is 555 g/mol. The van der Waals surface area contributed by atoms with Gasteiger partial charge in [-0.3, -0.25) is 9.52 Å². The van der Waals surface area contributed by atoms with Gasteiger partial charge in [0.15, 0.2) is 0 Å². The topological polar surface area (TPSA) is 163 Å². The van der Waals surface area contributed by atoms with E-state index in [1.54, 1.807) is 36.4 Å². The second-order valence-corrected chi connectivity index (χ2v) is 10.2. The fraction of sp³-hybridized carbons (Fsp3) is 0.222. The number of amides is 3. The van der Waals surface area contributed by atoms with Crippen molar-refractivity contribution in [2.75, 3.05) is 16.6 Å². The van der Waals surface area contributed by atoms with Crippen molar-refractivity contribution in [1.82, 2.24) is 10.6 Å². The van der Waals surface area contributed by atoms with Gasteiger partial charge in [-0.15, -0.1) is 0 Å². The van der Waals surface area contributed by atoms with E-state index in [0.717, 1.165) is 12.0 Å². The van der Waals surface area contributed by atoms with Gasteiger partial charge in [0.05, 0.1) is 17.4 Å². The Morgan fingerprint density at radius 3 is 2.36 bits per heavy atom. The zero-order valence-electron chi connectivity index (χ0n) is 21.2. The van der Waals surface area contributed by atoms with Gasteiger partial charge in [-0.25, -0.2) is 18.0 Å². The van der Waals surface area contributed by atoms with Crippen LogP contribution in [0.1, 0.15) is 36.9 Å². The van der Waals surface area contributed by atoms with Crippen LogP contribution < -0.4 is 20.7 Å². The number of carboxylic acids is 1. The summed E-state index contributed by atoms with van der Waals surface area (Å²) in [6, 6.07) is 19.3. The van der Waals surface area contributed by atoms with E-state index in [4.69, 9.17) is 4.74 Å². The Kier molecular flexibility index (Phi) is 10.3. The lowest BCUT2D eigenvalue weighted by Crippen LogP contribution is -2.30. The molecule has 206 valence electrons. The van der Waals surface area contributed by atoms with E-state index in [0.29, 0.717) is 17.8 Å². The average Bonchev–Trinajstić information content (AvgIpc) is 2.91. The first kappa shape index (κ1) is 29.0. The molecule has 1 atom stereocenters. The first-order chi connectivity index (χ1) is 18.7. The summed E-state index contributed by atoms with van der Waals surface area (Å²) in [6.45, 7) is 2.39. The summed E-state index contributed by atoms with van der Waals surface area (Å²) in [5.41, 5.74) is 1.57. The highest BCUT2D eigenvalue weighted by atomic mass is 32.2. The van der Waals surface area contributed by atoms with Crippen molar-refractivity contribution in [1.29, 1.82) is 0 Å². The number of ether oxygens (including phenoxy) is 1. The van der Waals surface area contributed by atoms with Crippen LogP contribution in [0.15, 0.2) is 83.8 Å². The predicted molar refractivity (Wildman–Crippen MR) is 146 cm³/mol. The first-order valence-corrected chi connectivity index (χ1v) is 13.6. The highest BCUT2D eigenvalue weighted by Gasteiger charge is 2.21. The Bertz CT molecular complexity index is 1400. The molecule has 0 saturated carbocycles. The molecule has 3 aromatic carbocycles. The zero-order chi connectivity index (χ0) is 28.3. The van der Waals surface area contributed by atoms with Gasteiger partial charge in [0.25, 0.3) is 10.0 Å². The lowest BCUT2D eigenvalue weighted by molar-refractivity contribution is -0.137. The smallest absolute Gasteiger partial charge is 0.407 e. The molecule has 0 spiro atoms. The van der Waals surface area contributed by atoms with Crippen LogP contribution in [0.4, 0.5) is 21.0 Å². The largest absolute Gasteiger partial charge is 0.481 e. The second kappa shape index (κ2) is 13.8. The molecule has 0 fully saturated rings. The van der Waals surface area contributed by atoms with E-state index in [1.165, 1.54) is 36.4 Å². The third kappa shape index (κ3) is 9.34. The van der Waals surface area contributed by atoms with Crippen molar-refractivity contribution in [2.24, 2.45) is 0 Å². The molecule has 11 nitrogen and oxygen atoms in total. The summed E-state index contributed by atoms with van der Waals surface area (Å²) in [5, 5.41) is 17.1. The molecule has 5 N–H and O–H groups in total. The molecular formula is C27H30N4O7S. The number of sulfonamides is 1. The van der Waals surface area contributed by atoms with E-state index in [2.05, 4.69) is 20.7 Å². The Morgan fingerprint density at radius 2 is 1.64 bits per heavy atom. The van der Waals surface area contributed by atoms with Gasteiger partial charge >= 0.3 is 18.1 Å². The molecule has 39 heavy (non-hydrogen) atoms. The van der Waals surface area contributed by atoms with E-state index < -0.39 is 40.6 Å². The quantitative estimate of drug-likeness (QED) is 0.221. The number of aliphatic carboxylic acids is 1. The summed E-state index contributed by atoms with van der Waals surface area (Å²) in [6.07, 6.45) is -0.518. The van der Waals surface area contributed by atoms with Crippen LogP contribution in [0.5, 0.6) is 0 Å². The molecule has 0 aromatic heterocycles. The number of nitrogens with one attached hydrogen (secondary N) is 4. The van der Waals surface area contributed by atoms with Gasteiger partial charge in [-0.05, 0) is 47.9 Å². The van der Waals surface area contributed by atoms with Gasteiger partial charge in [0.1, 0.15) is 6.61 Å². The number of hydrogen-bond acceptors (Lipinski definition) is 6. The molecule has 0 heterocycles. The van der Waals surface area contributed by atoms with Crippen LogP contribution >= 0.6 is 0 Å². The Labute approximate surface area is 226 Å². The van der Waals surface area contributed by atoms with E-state index in [1.807, 2.05) is 13.0 Å². The minimum atomic E-state index is -4.07. The summed E-state index contributed by atoms with van der Waals surface area (Å²) >= 11 is 0. The molecule has 3 rings (SSSR count). The lowest BCUT2D eigenvalue weighted by Gasteiger charge is -2.18. The van der Waals surface area contributed by atoms with Crippen molar-refractivity contribution >= 4 is 39.5 Å². The lowest BCUT2D eigenvalue weighted by atomic mass is 10.0. The van der Waals surface area contributed by atoms with Crippen LogP contribution in [0, 0.1) is 0 Å². The highest BCUT2D eigenvalue weighted by Crippen LogP contribution is 2.24. The number of carboxylic acid groups (broad SMARTS) is 1. The first-order valence-electron chi connectivity index (χ1n) is 12.1. The normalized spacial score (nSPS) is 11.6. The van der Waals surface area contributed by atoms with Crippen molar-refractivity contribution in [2.45, 2.75) is 37.3 Å². The molecule has 3 amide bonds. The summed E-state index contributed by atoms with van der Waals surface area (Å²) in [7, 11) is -4.07. The Balaban J connectivity index is 1.72. The van der Waals surface area contributed by atoms with Gasteiger partial charge in [-0.1, -0.05) is 55.5 Å². The Hall–Kier alpha value is -4.58. The summed E-state index contributed by atoms with van der Waals surface area (Å²) in [4.78, 5) is 35.7. The maximum atomic E-state index is 13.0. The summed E-state index contributed by atoms with van der Waals surface area (Å²) < 4.78 is 33.7. The molecule has 0 aliphatic heterocycles. The SMILES string of the molecule is CCCNC(=O)Nc1cccc(S(=O)(=O)Nc2cccc([C@H](CC(=O)O)NC(=O)OCc3ccccc3)c2)c1. The van der Waals surface area contributed by atoms with Crippen molar-refractivity contribution in [3.8, 4) is 0 Å². The second-order valence-electron chi connectivity index (χ2n) is 8.50. The van der Waals surface area contributed by atoms with Crippen LogP contribution in [-0.2, 0) is 26.2 Å². The number of benzene rings is 3. The summed E-state index contributed by atoms with van der Waals surface area (Å²) in [5.74, 6) is -1.17. The van der Waals surface area contributed by atoms with E-state index in [9.17, 15) is 27.9 Å². The van der Waals surface area contributed by atoms with E-state index in [-0.39, 0.29) is 17.2 Å². The highest BCUT2D eigenvalue weighted by molar-refractivity contribution is 7.92. The van der Waals surface area contributed by atoms with Crippen molar-refractivity contribution in [3.63, 3.8) is 0 Å². The monoisotopic (exact) mass is 554 g/mol. The molecule has 0 aliphatic carbocycles. The fourth-order valence-corrected chi connectivity index (χ4v) is 4.62. The van der Waals surface area contributed by atoms with Gasteiger partial charge in [0.2, 0.25) is 0 Å². The maximum absolute atomic E-state index is 13.0. The number of anilines is 2. The molecule has 0 unspecified atom stereocenters. The van der Waals surface area contributed by atoms with E-state index >= 15 is 0 Å². The fourth-order valence-electron chi connectivity index (χ4n) is 3.52. The number of rotatable bonds is 12. The third-order valence-electron chi connectivity index (χ3n) is 5.36. The van der Waals surface area contributed by atoms with Gasteiger partial charge in [-0.2, -0.15) is 0 Å². The zero-order valence-corrected chi connectivity index (χ0v) is 22.0. The number of alkyl carbamates (subject to hydrolysis) is 1. The third-order valence-corrected chi connectivity index (χ3v) is 6.74. The molecule has 0 bridgehead atoms. The molecule has 0 saturated heterocycles. The van der Waals surface area contributed by atoms with Crippen LogP contribution in [0.2, 0.25) is 0 Å². The number of carbonyl (C=O) groups is 3. The van der Waals surface area contributed by atoms with Crippen molar-refractivity contribution < 1.29 is 32.6 Å². The van der Waals surface area contributed by atoms with Gasteiger partial charge in [0, 0.05) is 17.9 Å². The predicted octanol–water partition coefficient (Wildman–Crippen LogP) is 4.46. The number of hydrogen-bond donors (Lipinski definition) is 5. The number of carbonyl (C=O) groups excluding carboxylic acids is 2. The molecular weight excluding hydrogens is 524 g/mol. The van der Waals surface area contributed by atoms with Gasteiger partial charge < -0.3 is 25.8 Å². The van der Waals surface area contributed by atoms with Crippen molar-refractivity contribution in [3.05, 3.63) is 90.0 Å². The molecule has 0 radical (unpaired) electrons. The van der Waals surface area contributed by atoms with Crippen LogP contribution in [0.3, 0.4) is 0 Å². The molecule has 0 aliphatic rings. The number of urea groups is 1. The maximum Gasteiger partial charge on any atom is 0.407 e. The Morgan fingerprint density at radius 1 is 0.923 bits per heavy atom. The minimum Gasteiger partial charge on any atom is -0.481 e. The van der Waals surface area contributed by atoms with Crippen LogP contribution in [0.25, 0.3) is 0 Å². The molecule has 12 heteroatoms. The van der Waals surface area contributed by atoms with Crippen LogP contribution in [-0.4, -0.2) is 38.2 Å².